The number of ether oxygens (including phenoxy) is 2. The number of aryl methyl sites for hydroxylation is 1. The molecule has 0 aliphatic heterocycles. The van der Waals surface area contributed by atoms with Gasteiger partial charge in [0, 0.05) is 12.1 Å². The van der Waals surface area contributed by atoms with Gasteiger partial charge in [0.15, 0.2) is 11.5 Å². The molecule has 0 spiro atoms. The van der Waals surface area contributed by atoms with Crippen LogP contribution < -0.4 is 20.5 Å². The van der Waals surface area contributed by atoms with Gasteiger partial charge in [0.25, 0.3) is 0 Å². The Labute approximate surface area is 174 Å². The Kier molecular flexibility index (Phi) is 5.50. The van der Waals surface area contributed by atoms with E-state index in [1.807, 2.05) is 31.2 Å². The number of nitrogens with zero attached hydrogens (tertiary/aromatic N) is 4. The first kappa shape index (κ1) is 19.7. The number of H-pyrrole nitrogens is 1. The third-order valence-corrected chi connectivity index (χ3v) is 5.12. The molecule has 1 aliphatic rings. The van der Waals surface area contributed by atoms with Gasteiger partial charge in [0.2, 0.25) is 0 Å². The van der Waals surface area contributed by atoms with Crippen LogP contribution in [-0.4, -0.2) is 39.4 Å². The zero-order valence-corrected chi connectivity index (χ0v) is 16.8. The summed E-state index contributed by atoms with van der Waals surface area (Å²) in [6.45, 7) is 2.01. The van der Waals surface area contributed by atoms with E-state index in [1.165, 1.54) is 12.4 Å². The highest BCUT2D eigenvalue weighted by molar-refractivity contribution is 5.78. The minimum Gasteiger partial charge on any atom is -0.496 e. The number of benzene rings is 1. The number of hydrogen-bond donors (Lipinski definition) is 3. The fourth-order valence-corrected chi connectivity index (χ4v) is 3.59. The fourth-order valence-electron chi connectivity index (χ4n) is 3.59. The van der Waals surface area contributed by atoms with Crippen molar-refractivity contribution in [3.63, 3.8) is 0 Å². The molecule has 3 aromatic rings. The molecule has 2 atom stereocenters. The summed E-state index contributed by atoms with van der Waals surface area (Å²) in [7, 11) is 1.63. The number of nitrogens with one attached hydrogen (secondary N) is 2. The monoisotopic (exact) mass is 405 g/mol. The van der Waals surface area contributed by atoms with E-state index in [2.05, 4.69) is 25.5 Å². The Balaban J connectivity index is 1.64. The molecular formula is C21H23N7O2. The Morgan fingerprint density at radius 1 is 1.23 bits per heavy atom. The SMILES string of the molecule is COc1ccc(C)c(O[C@@H]2CC[C@H](N)C2)c1-c1cc(Nc2cnc(C#N)cn2)n[nH]1. The number of rotatable bonds is 6. The summed E-state index contributed by atoms with van der Waals surface area (Å²) in [4.78, 5) is 8.16. The Morgan fingerprint density at radius 3 is 2.77 bits per heavy atom. The molecule has 2 heterocycles. The minimum absolute atomic E-state index is 0.0824. The number of anilines is 2. The molecule has 0 bridgehead atoms. The number of methoxy groups -OCH3 is 1. The van der Waals surface area contributed by atoms with Gasteiger partial charge in [-0.3, -0.25) is 5.10 Å². The van der Waals surface area contributed by atoms with E-state index >= 15 is 0 Å². The molecule has 0 unspecified atom stereocenters. The Bertz CT molecular complexity index is 1070. The number of hydrogen-bond acceptors (Lipinski definition) is 8. The molecule has 1 fully saturated rings. The molecule has 30 heavy (non-hydrogen) atoms. The lowest BCUT2D eigenvalue weighted by Gasteiger charge is -2.20. The van der Waals surface area contributed by atoms with Crippen LogP contribution in [0, 0.1) is 18.3 Å². The fraction of sp³-hybridized carbons (Fsp3) is 0.333. The van der Waals surface area contributed by atoms with Gasteiger partial charge in [-0.15, -0.1) is 0 Å². The van der Waals surface area contributed by atoms with Crippen molar-refractivity contribution in [3.05, 3.63) is 41.9 Å². The van der Waals surface area contributed by atoms with Gasteiger partial charge < -0.3 is 20.5 Å². The lowest BCUT2D eigenvalue weighted by atomic mass is 10.0. The molecule has 0 amide bonds. The largest absolute Gasteiger partial charge is 0.496 e. The highest BCUT2D eigenvalue weighted by Gasteiger charge is 2.26. The minimum atomic E-state index is 0.0824. The quantitative estimate of drug-likeness (QED) is 0.569. The summed E-state index contributed by atoms with van der Waals surface area (Å²) in [5.74, 6) is 2.49. The van der Waals surface area contributed by atoms with Crippen LogP contribution in [0.2, 0.25) is 0 Å². The second-order valence-corrected chi connectivity index (χ2v) is 7.29. The van der Waals surface area contributed by atoms with Crippen LogP contribution in [0.4, 0.5) is 11.6 Å². The van der Waals surface area contributed by atoms with E-state index < -0.39 is 0 Å². The van der Waals surface area contributed by atoms with Gasteiger partial charge in [-0.2, -0.15) is 10.4 Å². The van der Waals surface area contributed by atoms with Crippen molar-refractivity contribution in [2.45, 2.75) is 38.3 Å². The molecule has 4 N–H and O–H groups in total. The third-order valence-electron chi connectivity index (χ3n) is 5.12. The first-order chi connectivity index (χ1) is 14.6. The van der Waals surface area contributed by atoms with E-state index in [9.17, 15) is 0 Å². The van der Waals surface area contributed by atoms with Crippen LogP contribution in [0.3, 0.4) is 0 Å². The summed E-state index contributed by atoms with van der Waals surface area (Å²) in [5.41, 5.74) is 8.87. The molecule has 9 nitrogen and oxygen atoms in total. The zero-order chi connectivity index (χ0) is 21.1. The highest BCUT2D eigenvalue weighted by Crippen LogP contribution is 2.42. The van der Waals surface area contributed by atoms with Gasteiger partial charge in [-0.1, -0.05) is 6.07 Å². The topological polar surface area (TPSA) is 135 Å². The first-order valence-electron chi connectivity index (χ1n) is 9.72. The molecule has 154 valence electrons. The zero-order valence-electron chi connectivity index (χ0n) is 16.8. The van der Waals surface area contributed by atoms with Crippen molar-refractivity contribution in [2.24, 2.45) is 5.73 Å². The molecule has 0 radical (unpaired) electrons. The van der Waals surface area contributed by atoms with E-state index in [0.29, 0.717) is 17.4 Å². The maximum Gasteiger partial charge on any atom is 0.158 e. The average Bonchev–Trinajstić information content (AvgIpc) is 3.38. The molecule has 1 saturated carbocycles. The highest BCUT2D eigenvalue weighted by atomic mass is 16.5. The number of nitrogens with two attached hydrogens (primary N) is 1. The number of nitriles is 1. The molecule has 9 heteroatoms. The van der Waals surface area contributed by atoms with Crippen molar-refractivity contribution >= 4 is 11.6 Å². The van der Waals surface area contributed by atoms with Gasteiger partial charge in [-0.05, 0) is 37.8 Å². The third kappa shape index (κ3) is 4.04. The van der Waals surface area contributed by atoms with E-state index in [-0.39, 0.29) is 17.8 Å². The average molecular weight is 405 g/mol. The van der Waals surface area contributed by atoms with Gasteiger partial charge in [0.1, 0.15) is 29.5 Å². The van der Waals surface area contributed by atoms with Crippen LogP contribution in [0.5, 0.6) is 11.5 Å². The van der Waals surface area contributed by atoms with Crippen LogP contribution in [0.1, 0.15) is 30.5 Å². The molecule has 0 saturated heterocycles. The van der Waals surface area contributed by atoms with Crippen molar-refractivity contribution < 1.29 is 9.47 Å². The Morgan fingerprint density at radius 2 is 2.10 bits per heavy atom. The summed E-state index contributed by atoms with van der Waals surface area (Å²) in [6, 6.07) is 7.87. The lowest BCUT2D eigenvalue weighted by molar-refractivity contribution is 0.207. The second-order valence-electron chi connectivity index (χ2n) is 7.29. The standard InChI is InChI=1S/C21H23N7O2/c1-12-3-6-17(29-2)20(21(12)30-15-5-4-13(23)7-15)16-8-18(28-27-16)26-19-11-24-14(9-22)10-25-19/h3,6,8,10-11,13,15H,4-5,7,23H2,1-2H3,(H2,25,26,27,28)/t13-,15+/m0/s1. The number of aromatic nitrogens is 4. The van der Waals surface area contributed by atoms with Crippen LogP contribution in [-0.2, 0) is 0 Å². The normalized spacial score (nSPS) is 18.1. The van der Waals surface area contributed by atoms with Gasteiger partial charge >= 0.3 is 0 Å². The summed E-state index contributed by atoms with van der Waals surface area (Å²) in [5, 5.41) is 19.3. The van der Waals surface area contributed by atoms with E-state index in [4.69, 9.17) is 20.5 Å². The van der Waals surface area contributed by atoms with Crippen LogP contribution >= 0.6 is 0 Å². The Hall–Kier alpha value is -3.64. The summed E-state index contributed by atoms with van der Waals surface area (Å²) in [6.07, 6.45) is 5.70. The van der Waals surface area contributed by atoms with Crippen molar-refractivity contribution in [1.82, 2.24) is 20.2 Å². The van der Waals surface area contributed by atoms with Gasteiger partial charge in [0.05, 0.1) is 30.8 Å². The van der Waals surface area contributed by atoms with E-state index in [1.54, 1.807) is 7.11 Å². The maximum atomic E-state index is 8.84. The van der Waals surface area contributed by atoms with E-state index in [0.717, 1.165) is 41.8 Å². The van der Waals surface area contributed by atoms with Crippen molar-refractivity contribution in [2.75, 3.05) is 12.4 Å². The van der Waals surface area contributed by atoms with Crippen molar-refractivity contribution in [1.29, 1.82) is 5.26 Å². The number of aromatic amines is 1. The molecule has 1 aliphatic carbocycles. The first-order valence-corrected chi connectivity index (χ1v) is 9.72. The van der Waals surface area contributed by atoms with Crippen LogP contribution in [0.25, 0.3) is 11.3 Å². The molecule has 1 aromatic carbocycles. The van der Waals surface area contributed by atoms with Gasteiger partial charge in [-0.25, -0.2) is 9.97 Å². The summed E-state index contributed by atoms with van der Waals surface area (Å²) < 4.78 is 12.0. The lowest BCUT2D eigenvalue weighted by Crippen LogP contribution is -2.19. The predicted molar refractivity (Wildman–Crippen MR) is 112 cm³/mol. The molecule has 4 rings (SSSR count). The summed E-state index contributed by atoms with van der Waals surface area (Å²) >= 11 is 0. The molecule has 2 aromatic heterocycles. The smallest absolute Gasteiger partial charge is 0.158 e. The van der Waals surface area contributed by atoms with Crippen molar-refractivity contribution in [3.8, 4) is 28.8 Å². The maximum absolute atomic E-state index is 8.84. The second kappa shape index (κ2) is 8.39. The molecular weight excluding hydrogens is 382 g/mol. The van der Waals surface area contributed by atoms with Crippen LogP contribution in [0.15, 0.2) is 30.6 Å². The predicted octanol–water partition coefficient (Wildman–Crippen LogP) is 3.06.